The van der Waals surface area contributed by atoms with E-state index in [1.165, 1.54) is 23.4 Å². The van der Waals surface area contributed by atoms with Crippen molar-refractivity contribution < 1.29 is 175 Å². The number of hydrogen-bond acceptors (Lipinski definition) is 14. The van der Waals surface area contributed by atoms with Gasteiger partial charge in [0.25, 0.3) is 0 Å². The molecule has 0 aliphatic heterocycles. The molecule has 0 atom stereocenters. The molecule has 2 N–H and O–H groups in total. The van der Waals surface area contributed by atoms with Gasteiger partial charge in [0.1, 0.15) is 13.5 Å². The first kappa shape index (κ1) is 54.2. The van der Waals surface area contributed by atoms with Crippen LogP contribution >= 0.6 is 15.6 Å². The molecule has 18 nitrogen and oxygen atoms in total. The van der Waals surface area contributed by atoms with Crippen LogP contribution in [0.5, 0.6) is 0 Å². The van der Waals surface area contributed by atoms with E-state index in [1.54, 1.807) is 12.1 Å². The number of hydrogen-bond donors (Lipinski definition) is 2. The minimum atomic E-state index is -5.17. The summed E-state index contributed by atoms with van der Waals surface area (Å²) in [5.41, 5.74) is 4.24. The molecule has 4 rings (SSSR count). The average molecular weight is 803 g/mol. The molecule has 52 heavy (non-hydrogen) atoms. The van der Waals surface area contributed by atoms with E-state index in [-0.39, 0.29) is 130 Å². The van der Waals surface area contributed by atoms with Crippen molar-refractivity contribution in [3.05, 3.63) is 47.5 Å². The second-order valence-electron chi connectivity index (χ2n) is 10.2. The predicted molar refractivity (Wildman–Crippen MR) is 166 cm³/mol. The van der Waals surface area contributed by atoms with Crippen molar-refractivity contribution in [3.8, 4) is 0 Å². The molecule has 0 aliphatic carbocycles. The number of aryl methyl sites for hydroxylation is 2. The number of benzene rings is 2. The Morgan fingerprint density at radius 1 is 0.673 bits per heavy atom. The molecule has 264 valence electrons. The van der Waals surface area contributed by atoms with E-state index in [4.69, 9.17) is 0 Å². The van der Waals surface area contributed by atoms with Gasteiger partial charge in [-0.15, -0.1) is 0 Å². The maximum absolute atomic E-state index is 11.4. The van der Waals surface area contributed by atoms with Crippen LogP contribution in [0.3, 0.4) is 0 Å². The first-order valence-corrected chi connectivity index (χ1v) is 17.6. The Morgan fingerprint density at radius 3 is 1.54 bits per heavy atom. The smallest absolute Gasteiger partial charge is 0.790 e. The maximum atomic E-state index is 11.4. The normalized spacial score (nSPS) is 10.8. The van der Waals surface area contributed by atoms with Gasteiger partial charge in [0.15, 0.2) is 0 Å². The van der Waals surface area contributed by atoms with Gasteiger partial charge in [0.2, 0.25) is 11.9 Å². The summed E-state index contributed by atoms with van der Waals surface area (Å²) < 4.78 is 41.7. The molecule has 0 fully saturated rings. The largest absolute Gasteiger partial charge is 1.00 e. The Kier molecular flexibility index (Phi) is 27.3. The van der Waals surface area contributed by atoms with E-state index in [0.29, 0.717) is 22.1 Å². The number of fused-ring (bicyclic) bond motifs is 2. The van der Waals surface area contributed by atoms with E-state index in [0.717, 1.165) is 49.7 Å². The molecule has 0 radical (unpaired) electrons. The van der Waals surface area contributed by atoms with E-state index >= 15 is 0 Å². The topological polar surface area (TPSA) is 257 Å². The minimum absolute atomic E-state index is 0. The quantitative estimate of drug-likeness (QED) is 0.0887. The molecule has 24 heteroatoms. The van der Waals surface area contributed by atoms with Crippen LogP contribution in [0.2, 0.25) is 0 Å². The van der Waals surface area contributed by atoms with Crippen LogP contribution in [0.15, 0.2) is 36.4 Å². The molecule has 0 aliphatic rings. The Morgan fingerprint density at radius 2 is 1.10 bits per heavy atom. The predicted octanol–water partition coefficient (Wildman–Crippen LogP) is -9.26. The maximum Gasteiger partial charge on any atom is 1.00 e. The number of imidazole rings is 2. The molecule has 0 spiro atoms. The van der Waals surface area contributed by atoms with Gasteiger partial charge in [-0.2, -0.15) is 0 Å². The zero-order valence-corrected chi connectivity index (χ0v) is 40.5. The minimum Gasteiger partial charge on any atom is -0.790 e. The molecular formula is C28H36N6Na4O12P2. The first-order chi connectivity index (χ1) is 22.7. The van der Waals surface area contributed by atoms with Crippen LogP contribution in [0.1, 0.15) is 50.7 Å². The Bertz CT molecular complexity index is 1800. The van der Waals surface area contributed by atoms with E-state index < -0.39 is 41.3 Å². The van der Waals surface area contributed by atoms with Gasteiger partial charge in [-0.1, -0.05) is 38.8 Å². The van der Waals surface area contributed by atoms with Gasteiger partial charge in [-0.3, -0.25) is 19.8 Å². The number of anilines is 2. The molecule has 2 aromatic carbocycles. The number of unbranched alkanes of at least 4 members (excludes halogenated alkanes) is 2. The second kappa shape index (κ2) is 26.1. The molecular weight excluding hydrogens is 766 g/mol. The van der Waals surface area contributed by atoms with Gasteiger partial charge in [-0.25, -0.2) is 19.6 Å². The van der Waals surface area contributed by atoms with Gasteiger partial charge >= 0.3 is 130 Å². The number of carbonyl (C=O) groups is 2. The third-order valence-corrected chi connectivity index (χ3v) is 7.62. The van der Waals surface area contributed by atoms with Crippen molar-refractivity contribution in [2.45, 2.75) is 65.8 Å². The number of methoxy groups -OCH3 is 2. The monoisotopic (exact) mass is 802 g/mol. The molecule has 0 unspecified atom stereocenters. The van der Waals surface area contributed by atoms with Crippen LogP contribution in [-0.2, 0) is 54.0 Å². The number of amides is 2. The first-order valence-electron chi connectivity index (χ1n) is 14.7. The summed E-state index contributed by atoms with van der Waals surface area (Å²) in [4.78, 5) is 74.3. The SMILES string of the molecule is CCCCc1ccc2c(c1)nc(NC(=O)OC)n2COP(=O)([O-])[O-].CCCCc1ccc2nc(NC(=O)OC)n(COP(=O)([O-])[O-])c2c1.[Na+].[Na+].[Na+].[Na+]. The Hall–Kier alpha value is 0.140. The number of aromatic nitrogens is 4. The van der Waals surface area contributed by atoms with Crippen LogP contribution in [-0.4, -0.2) is 45.5 Å². The number of nitrogens with zero attached hydrogens (tertiary/aromatic N) is 4. The van der Waals surface area contributed by atoms with Crippen LogP contribution in [0.25, 0.3) is 22.1 Å². The molecule has 0 saturated heterocycles. The van der Waals surface area contributed by atoms with Crippen molar-refractivity contribution in [2.75, 3.05) is 24.9 Å². The van der Waals surface area contributed by atoms with Crippen molar-refractivity contribution in [1.29, 1.82) is 0 Å². The molecule has 2 amide bonds. The number of phosphoric acid groups is 2. The number of ether oxygens (including phenoxy) is 2. The third-order valence-electron chi connectivity index (χ3n) is 6.75. The zero-order valence-electron chi connectivity index (χ0n) is 30.7. The summed E-state index contributed by atoms with van der Waals surface area (Å²) in [5, 5.41) is 4.73. The number of rotatable bonds is 14. The molecule has 0 bridgehead atoms. The summed E-state index contributed by atoms with van der Waals surface area (Å²) in [7, 11) is -7.96. The Labute approximate surface area is 389 Å². The van der Waals surface area contributed by atoms with E-state index in [9.17, 15) is 38.3 Å². The fourth-order valence-corrected chi connectivity index (χ4v) is 4.92. The summed E-state index contributed by atoms with van der Waals surface area (Å²) in [5.74, 6) is 0.0517. The zero-order chi connectivity index (χ0) is 35.5. The van der Waals surface area contributed by atoms with Crippen molar-refractivity contribution >= 4 is 61.8 Å². The average Bonchev–Trinajstić information content (AvgIpc) is 3.55. The number of carbonyl (C=O) groups excluding carboxylic acids is 2. The fraction of sp³-hybridized carbons (Fsp3) is 0.429. The van der Waals surface area contributed by atoms with Gasteiger partial charge < -0.3 is 47.2 Å². The number of nitrogens with one attached hydrogen (secondary N) is 2. The summed E-state index contributed by atoms with van der Waals surface area (Å²) in [6, 6.07) is 10.9. The third kappa shape index (κ3) is 17.9. The van der Waals surface area contributed by atoms with Gasteiger partial charge in [0, 0.05) is 0 Å². The van der Waals surface area contributed by atoms with Gasteiger partial charge in [0.05, 0.1) is 51.9 Å². The van der Waals surface area contributed by atoms with Gasteiger partial charge in [-0.05, 0) is 61.1 Å². The molecule has 2 aromatic heterocycles. The van der Waals surface area contributed by atoms with E-state index in [1.807, 2.05) is 24.3 Å². The summed E-state index contributed by atoms with van der Waals surface area (Å²) in [6.45, 7) is 2.99. The fourth-order valence-electron chi connectivity index (χ4n) is 4.41. The van der Waals surface area contributed by atoms with Crippen molar-refractivity contribution in [1.82, 2.24) is 19.1 Å². The van der Waals surface area contributed by atoms with Crippen LogP contribution in [0.4, 0.5) is 21.5 Å². The molecule has 4 aromatic rings. The van der Waals surface area contributed by atoms with Crippen molar-refractivity contribution in [3.63, 3.8) is 0 Å². The molecule has 2 heterocycles. The summed E-state index contributed by atoms with van der Waals surface area (Å²) >= 11 is 0. The number of phosphoric ester groups is 2. The summed E-state index contributed by atoms with van der Waals surface area (Å²) in [6.07, 6.45) is 4.29. The Balaban J connectivity index is 0. The van der Waals surface area contributed by atoms with E-state index in [2.05, 4.69) is 53.0 Å². The van der Waals surface area contributed by atoms with Crippen LogP contribution < -0.4 is 148 Å². The van der Waals surface area contributed by atoms with Crippen molar-refractivity contribution in [2.24, 2.45) is 0 Å². The second-order valence-corrected chi connectivity index (χ2v) is 12.5. The standard InChI is InChI=1S/2C14H20N3O6P.4Na/c1-3-4-5-10-6-7-12-11(8-10)15-13(16-14(18)22-2)17(12)9-23-24(19,20)21;1-3-4-5-10-6-7-11-12(8-10)17(9-23-24(19,20)21)13(15-11)16-14(18)22-2;;;;/h2*6-8H,3-5,9H2,1-2H3,(H,15,16,18)(H2,19,20,21);;;;/q;;4*+1/p-4. The van der Waals surface area contributed by atoms with Crippen LogP contribution in [0, 0.1) is 0 Å². The molecule has 0 saturated carbocycles.